The SMILES string of the molecule is C/C=C(/CSCC(=O)Nc1ccc2c(c1)OCCCO2)NC.CCc1ccc(OC)cc1. The zero-order valence-electron chi connectivity index (χ0n) is 19.4. The zero-order chi connectivity index (χ0) is 23.2. The number of allylic oxidation sites excluding steroid dienone is 1. The monoisotopic (exact) mass is 458 g/mol. The fourth-order valence-electron chi connectivity index (χ4n) is 2.85. The standard InChI is InChI=1S/C16H22N2O3S.C9H12O/c1-3-12(17-2)10-22-11-16(19)18-13-5-6-14-15(9-13)21-8-4-7-20-14;1-3-8-4-6-9(10-2)7-5-8/h3,5-6,9,17H,4,7-8,10-11H2,1-2H3,(H,18,19);4-7H,3H2,1-2H3/b12-3-;. The molecule has 0 unspecified atom stereocenters. The fourth-order valence-corrected chi connectivity index (χ4v) is 3.74. The molecular formula is C25H34N2O4S. The molecule has 1 amide bonds. The van der Waals surface area contributed by atoms with E-state index in [1.165, 1.54) is 5.56 Å². The van der Waals surface area contributed by atoms with Crippen molar-refractivity contribution in [1.82, 2.24) is 5.32 Å². The Morgan fingerprint density at radius 2 is 1.81 bits per heavy atom. The quantitative estimate of drug-likeness (QED) is 0.586. The Hall–Kier alpha value is -2.80. The van der Waals surface area contributed by atoms with E-state index in [9.17, 15) is 4.79 Å². The molecule has 1 aliphatic heterocycles. The molecule has 0 fully saturated rings. The van der Waals surface area contributed by atoms with Gasteiger partial charge in [0.05, 0.1) is 26.1 Å². The van der Waals surface area contributed by atoms with Crippen LogP contribution in [0.2, 0.25) is 0 Å². The minimum atomic E-state index is -0.0222. The maximum Gasteiger partial charge on any atom is 0.234 e. The Balaban J connectivity index is 0.000000303. The highest BCUT2D eigenvalue weighted by Gasteiger charge is 2.12. The van der Waals surface area contributed by atoms with Crippen LogP contribution in [0, 0.1) is 0 Å². The molecule has 2 aromatic carbocycles. The minimum Gasteiger partial charge on any atom is -0.497 e. The second kappa shape index (κ2) is 14.3. The summed E-state index contributed by atoms with van der Waals surface area (Å²) in [6.07, 6.45) is 3.96. The molecule has 7 heteroatoms. The molecular weight excluding hydrogens is 424 g/mol. The molecule has 1 heterocycles. The van der Waals surface area contributed by atoms with Crippen molar-refractivity contribution in [3.8, 4) is 17.2 Å². The van der Waals surface area contributed by atoms with Crippen molar-refractivity contribution in [1.29, 1.82) is 0 Å². The Labute approximate surface area is 195 Å². The van der Waals surface area contributed by atoms with Gasteiger partial charge in [-0.15, -0.1) is 11.8 Å². The van der Waals surface area contributed by atoms with Crippen molar-refractivity contribution < 1.29 is 19.0 Å². The lowest BCUT2D eigenvalue weighted by Gasteiger charge is -2.10. The summed E-state index contributed by atoms with van der Waals surface area (Å²) in [6, 6.07) is 13.6. The lowest BCUT2D eigenvalue weighted by molar-refractivity contribution is -0.113. The zero-order valence-corrected chi connectivity index (χ0v) is 20.2. The number of nitrogens with one attached hydrogen (secondary N) is 2. The molecule has 3 rings (SSSR count). The summed E-state index contributed by atoms with van der Waals surface area (Å²) in [7, 11) is 3.56. The van der Waals surface area contributed by atoms with Crippen molar-refractivity contribution >= 4 is 23.4 Å². The third-order valence-electron chi connectivity index (χ3n) is 4.76. The van der Waals surface area contributed by atoms with Gasteiger partial charge in [-0.3, -0.25) is 4.79 Å². The maximum atomic E-state index is 12.0. The lowest BCUT2D eigenvalue weighted by atomic mass is 10.2. The smallest absolute Gasteiger partial charge is 0.234 e. The van der Waals surface area contributed by atoms with Gasteiger partial charge in [-0.05, 0) is 43.2 Å². The van der Waals surface area contributed by atoms with E-state index in [1.54, 1.807) is 18.9 Å². The first-order valence-electron chi connectivity index (χ1n) is 10.8. The lowest BCUT2D eigenvalue weighted by Crippen LogP contribution is -2.16. The molecule has 0 spiro atoms. The molecule has 32 heavy (non-hydrogen) atoms. The van der Waals surface area contributed by atoms with Crippen LogP contribution in [0.15, 0.2) is 54.2 Å². The van der Waals surface area contributed by atoms with E-state index >= 15 is 0 Å². The molecule has 2 N–H and O–H groups in total. The van der Waals surface area contributed by atoms with Crippen LogP contribution in [0.4, 0.5) is 5.69 Å². The van der Waals surface area contributed by atoms with Crippen LogP contribution in [0.25, 0.3) is 0 Å². The Morgan fingerprint density at radius 3 is 2.44 bits per heavy atom. The summed E-state index contributed by atoms with van der Waals surface area (Å²) >= 11 is 1.57. The number of benzene rings is 2. The molecule has 0 aromatic heterocycles. The predicted octanol–water partition coefficient (Wildman–Crippen LogP) is 4.90. The van der Waals surface area contributed by atoms with Gasteiger partial charge in [0.2, 0.25) is 5.91 Å². The number of hydrogen-bond donors (Lipinski definition) is 2. The summed E-state index contributed by atoms with van der Waals surface area (Å²) in [6.45, 7) is 5.41. The summed E-state index contributed by atoms with van der Waals surface area (Å²) in [5, 5.41) is 5.98. The second-order valence-corrected chi connectivity index (χ2v) is 8.00. The minimum absolute atomic E-state index is 0.0222. The van der Waals surface area contributed by atoms with Crippen LogP contribution in [0.3, 0.4) is 0 Å². The number of amides is 1. The normalized spacial score (nSPS) is 12.7. The van der Waals surface area contributed by atoms with Crippen molar-refractivity contribution in [2.24, 2.45) is 0 Å². The number of aryl methyl sites for hydroxylation is 1. The number of fused-ring (bicyclic) bond motifs is 1. The van der Waals surface area contributed by atoms with Gasteiger partial charge in [-0.1, -0.05) is 25.1 Å². The topological polar surface area (TPSA) is 68.8 Å². The molecule has 2 aromatic rings. The van der Waals surface area contributed by atoms with Crippen molar-refractivity contribution in [2.75, 3.05) is 44.2 Å². The van der Waals surface area contributed by atoms with Crippen LogP contribution in [0.1, 0.15) is 25.8 Å². The molecule has 6 nitrogen and oxygen atoms in total. The highest BCUT2D eigenvalue weighted by atomic mass is 32.2. The number of thioether (sulfide) groups is 1. The second-order valence-electron chi connectivity index (χ2n) is 7.02. The van der Waals surface area contributed by atoms with Crippen molar-refractivity contribution in [3.05, 3.63) is 59.8 Å². The molecule has 0 saturated carbocycles. The average molecular weight is 459 g/mol. The van der Waals surface area contributed by atoms with Gasteiger partial charge < -0.3 is 24.8 Å². The van der Waals surface area contributed by atoms with Gasteiger partial charge >= 0.3 is 0 Å². The Morgan fingerprint density at radius 1 is 1.09 bits per heavy atom. The van der Waals surface area contributed by atoms with Crippen LogP contribution >= 0.6 is 11.8 Å². The average Bonchev–Trinajstić information content (AvgIpc) is 3.07. The number of methoxy groups -OCH3 is 1. The molecule has 0 aliphatic carbocycles. The molecule has 0 saturated heterocycles. The third kappa shape index (κ3) is 8.75. The first-order valence-corrected chi connectivity index (χ1v) is 12.0. The summed E-state index contributed by atoms with van der Waals surface area (Å²) in [4.78, 5) is 12.0. The van der Waals surface area contributed by atoms with Gasteiger partial charge in [-0.2, -0.15) is 0 Å². The van der Waals surface area contributed by atoms with Crippen LogP contribution in [-0.2, 0) is 11.2 Å². The molecule has 0 bridgehead atoms. The van der Waals surface area contributed by atoms with E-state index in [1.807, 2.05) is 50.4 Å². The van der Waals surface area contributed by atoms with Gasteiger partial charge in [-0.25, -0.2) is 0 Å². The fraction of sp³-hybridized carbons (Fsp3) is 0.400. The summed E-state index contributed by atoms with van der Waals surface area (Å²) in [5.41, 5.74) is 3.20. The largest absolute Gasteiger partial charge is 0.497 e. The van der Waals surface area contributed by atoms with Crippen LogP contribution < -0.4 is 24.8 Å². The number of ether oxygens (including phenoxy) is 3. The van der Waals surface area contributed by atoms with E-state index in [0.29, 0.717) is 24.7 Å². The maximum absolute atomic E-state index is 12.0. The number of anilines is 1. The van der Waals surface area contributed by atoms with Crippen LogP contribution in [-0.4, -0.2) is 44.8 Å². The molecule has 0 atom stereocenters. The molecule has 0 radical (unpaired) electrons. The number of hydrogen-bond acceptors (Lipinski definition) is 6. The molecule has 174 valence electrons. The Bertz CT molecular complexity index is 846. The van der Waals surface area contributed by atoms with Gasteiger partial charge in [0.25, 0.3) is 0 Å². The number of rotatable bonds is 8. The van der Waals surface area contributed by atoms with E-state index in [2.05, 4.69) is 29.7 Å². The highest BCUT2D eigenvalue weighted by molar-refractivity contribution is 8.00. The summed E-state index contributed by atoms with van der Waals surface area (Å²) < 4.78 is 16.2. The van der Waals surface area contributed by atoms with E-state index in [0.717, 1.165) is 41.5 Å². The van der Waals surface area contributed by atoms with Crippen molar-refractivity contribution in [3.63, 3.8) is 0 Å². The number of carbonyl (C=O) groups is 1. The van der Waals surface area contributed by atoms with Crippen molar-refractivity contribution in [2.45, 2.75) is 26.7 Å². The highest BCUT2D eigenvalue weighted by Crippen LogP contribution is 2.32. The number of carbonyl (C=O) groups excluding carboxylic acids is 1. The Kier molecular flexibility index (Phi) is 11.4. The van der Waals surface area contributed by atoms with E-state index < -0.39 is 0 Å². The summed E-state index contributed by atoms with van der Waals surface area (Å²) in [5.74, 6) is 3.53. The molecule has 1 aliphatic rings. The van der Waals surface area contributed by atoms with Crippen LogP contribution in [0.5, 0.6) is 17.2 Å². The van der Waals surface area contributed by atoms with Gasteiger partial charge in [0.1, 0.15) is 5.75 Å². The third-order valence-corrected chi connectivity index (χ3v) is 5.74. The first-order chi connectivity index (χ1) is 15.6. The predicted molar refractivity (Wildman–Crippen MR) is 133 cm³/mol. The van der Waals surface area contributed by atoms with E-state index in [-0.39, 0.29) is 5.91 Å². The van der Waals surface area contributed by atoms with Gasteiger partial charge in [0, 0.05) is 36.7 Å². The first kappa shape index (κ1) is 25.5. The van der Waals surface area contributed by atoms with E-state index in [4.69, 9.17) is 14.2 Å². The van der Waals surface area contributed by atoms with Gasteiger partial charge in [0.15, 0.2) is 11.5 Å².